The van der Waals surface area contributed by atoms with Crippen LogP contribution in [0, 0.1) is 11.7 Å². The molecule has 20 heavy (non-hydrogen) atoms. The fraction of sp³-hybridized carbons (Fsp3) is 0.571. The van der Waals surface area contributed by atoms with Crippen molar-refractivity contribution in [3.8, 4) is 0 Å². The van der Waals surface area contributed by atoms with Gasteiger partial charge in [-0.3, -0.25) is 0 Å². The Morgan fingerprint density at radius 1 is 1.20 bits per heavy atom. The van der Waals surface area contributed by atoms with Gasteiger partial charge in [0.2, 0.25) is 0 Å². The third-order valence-electron chi connectivity index (χ3n) is 2.70. The summed E-state index contributed by atoms with van der Waals surface area (Å²) in [4.78, 5) is 0. The highest BCUT2D eigenvalue weighted by Crippen LogP contribution is 2.31. The maximum absolute atomic E-state index is 13.4. The molecule has 1 rings (SSSR count). The van der Waals surface area contributed by atoms with Crippen LogP contribution in [0.2, 0.25) is 0 Å². The van der Waals surface area contributed by atoms with Crippen molar-refractivity contribution < 1.29 is 22.3 Å². The summed E-state index contributed by atoms with van der Waals surface area (Å²) in [6.07, 6.45) is -3.56. The highest BCUT2D eigenvalue weighted by Gasteiger charge is 2.31. The molecule has 0 bridgehead atoms. The van der Waals surface area contributed by atoms with E-state index in [1.807, 2.05) is 0 Å². The molecule has 0 aliphatic heterocycles. The number of benzene rings is 1. The van der Waals surface area contributed by atoms with Crippen molar-refractivity contribution in [2.45, 2.75) is 26.4 Å². The number of ether oxygens (including phenoxy) is 1. The first kappa shape index (κ1) is 16.8. The summed E-state index contributed by atoms with van der Waals surface area (Å²) < 4.78 is 56.1. The summed E-state index contributed by atoms with van der Waals surface area (Å²) in [6.45, 7) is 5.31. The number of hydrogen-bond acceptors (Lipinski definition) is 2. The van der Waals surface area contributed by atoms with Crippen LogP contribution in [0.15, 0.2) is 18.2 Å². The lowest BCUT2D eigenvalue weighted by atomic mass is 10.1. The number of rotatable bonds is 7. The van der Waals surface area contributed by atoms with Gasteiger partial charge in [0, 0.05) is 13.2 Å². The molecule has 1 aromatic rings. The van der Waals surface area contributed by atoms with Gasteiger partial charge < -0.3 is 10.1 Å². The largest absolute Gasteiger partial charge is 0.416 e. The zero-order chi connectivity index (χ0) is 15.2. The molecule has 0 aromatic heterocycles. The Balaban J connectivity index is 2.43. The van der Waals surface area contributed by atoms with Crippen LogP contribution in [0.25, 0.3) is 0 Å². The summed E-state index contributed by atoms with van der Waals surface area (Å²) in [6, 6.07) is 2.30. The predicted molar refractivity (Wildman–Crippen MR) is 70.2 cm³/mol. The van der Waals surface area contributed by atoms with Crippen molar-refractivity contribution in [1.29, 1.82) is 0 Å². The van der Waals surface area contributed by atoms with Gasteiger partial charge in [0.15, 0.2) is 0 Å². The van der Waals surface area contributed by atoms with Crippen LogP contribution in [0.5, 0.6) is 0 Å². The molecule has 0 unspecified atom stereocenters. The third-order valence-corrected chi connectivity index (χ3v) is 2.70. The first-order valence-corrected chi connectivity index (χ1v) is 6.49. The van der Waals surface area contributed by atoms with Gasteiger partial charge in [0.25, 0.3) is 0 Å². The van der Waals surface area contributed by atoms with Crippen molar-refractivity contribution in [3.63, 3.8) is 0 Å². The standard InChI is InChI=1S/C14H19F4NO/c1-10(2)5-7-20-8-6-19-13-9-11(14(16,17)18)3-4-12(13)15/h3-4,9-10,19H,5-8H2,1-2H3. The maximum atomic E-state index is 13.4. The van der Waals surface area contributed by atoms with E-state index in [0.717, 1.165) is 24.6 Å². The average Bonchev–Trinajstić information content (AvgIpc) is 2.33. The van der Waals surface area contributed by atoms with Crippen LogP contribution in [-0.2, 0) is 10.9 Å². The molecule has 0 saturated heterocycles. The minimum absolute atomic E-state index is 0.160. The van der Waals surface area contributed by atoms with Crippen LogP contribution in [0.3, 0.4) is 0 Å². The number of nitrogens with one attached hydrogen (secondary N) is 1. The second-order valence-electron chi connectivity index (χ2n) is 4.91. The van der Waals surface area contributed by atoms with E-state index in [9.17, 15) is 17.6 Å². The van der Waals surface area contributed by atoms with Crippen LogP contribution in [-0.4, -0.2) is 19.8 Å². The molecule has 6 heteroatoms. The van der Waals surface area contributed by atoms with E-state index in [1.54, 1.807) is 0 Å². The van der Waals surface area contributed by atoms with Crippen LogP contribution >= 0.6 is 0 Å². The summed E-state index contributed by atoms with van der Waals surface area (Å²) >= 11 is 0. The summed E-state index contributed by atoms with van der Waals surface area (Å²) in [5.41, 5.74) is -1.03. The van der Waals surface area contributed by atoms with Gasteiger partial charge in [-0.1, -0.05) is 13.8 Å². The van der Waals surface area contributed by atoms with Crippen molar-refractivity contribution in [1.82, 2.24) is 0 Å². The zero-order valence-corrected chi connectivity index (χ0v) is 11.6. The molecule has 0 amide bonds. The molecule has 1 N–H and O–H groups in total. The quantitative estimate of drug-likeness (QED) is 0.597. The Bertz CT molecular complexity index is 418. The van der Waals surface area contributed by atoms with Crippen molar-refractivity contribution in [3.05, 3.63) is 29.6 Å². The fourth-order valence-corrected chi connectivity index (χ4v) is 1.52. The SMILES string of the molecule is CC(C)CCOCCNc1cc(C(F)(F)F)ccc1F. The second-order valence-corrected chi connectivity index (χ2v) is 4.91. The number of anilines is 1. The summed E-state index contributed by atoms with van der Waals surface area (Å²) in [5.74, 6) is -0.177. The smallest absolute Gasteiger partial charge is 0.380 e. The Labute approximate surface area is 116 Å². The first-order valence-electron chi connectivity index (χ1n) is 6.49. The molecule has 0 radical (unpaired) electrons. The highest BCUT2D eigenvalue weighted by molar-refractivity contribution is 5.48. The van der Waals surface area contributed by atoms with Gasteiger partial charge in [-0.2, -0.15) is 13.2 Å². The molecule has 1 aromatic carbocycles. The predicted octanol–water partition coefficient (Wildman–Crippen LogP) is 4.32. The topological polar surface area (TPSA) is 21.3 Å². The molecule has 114 valence electrons. The van der Waals surface area contributed by atoms with E-state index in [1.165, 1.54) is 0 Å². The van der Waals surface area contributed by atoms with Crippen LogP contribution in [0.1, 0.15) is 25.8 Å². The Morgan fingerprint density at radius 3 is 2.50 bits per heavy atom. The average molecular weight is 293 g/mol. The molecule has 0 aliphatic carbocycles. The van der Waals surface area contributed by atoms with E-state index >= 15 is 0 Å². The second kappa shape index (κ2) is 7.47. The van der Waals surface area contributed by atoms with Gasteiger partial charge in [-0.05, 0) is 30.5 Å². The highest BCUT2D eigenvalue weighted by atomic mass is 19.4. The Kier molecular flexibility index (Phi) is 6.26. The fourth-order valence-electron chi connectivity index (χ4n) is 1.52. The van der Waals surface area contributed by atoms with Gasteiger partial charge >= 0.3 is 6.18 Å². The molecule has 0 aliphatic rings. The third kappa shape index (κ3) is 5.77. The molecule has 0 heterocycles. The first-order chi connectivity index (χ1) is 9.30. The van der Waals surface area contributed by atoms with Crippen molar-refractivity contribution in [2.24, 2.45) is 5.92 Å². The Morgan fingerprint density at radius 2 is 1.90 bits per heavy atom. The minimum atomic E-state index is -4.47. The van der Waals surface area contributed by atoms with Gasteiger partial charge in [-0.15, -0.1) is 0 Å². The lowest BCUT2D eigenvalue weighted by molar-refractivity contribution is -0.137. The molecule has 2 nitrogen and oxygen atoms in total. The molecule has 0 atom stereocenters. The zero-order valence-electron chi connectivity index (χ0n) is 11.6. The van der Waals surface area contributed by atoms with E-state index in [4.69, 9.17) is 4.74 Å². The molecule has 0 saturated carbocycles. The molecular weight excluding hydrogens is 274 g/mol. The lowest BCUT2D eigenvalue weighted by Crippen LogP contribution is -2.13. The number of halogens is 4. The number of hydrogen-bond donors (Lipinski definition) is 1. The van der Waals surface area contributed by atoms with E-state index in [0.29, 0.717) is 19.1 Å². The van der Waals surface area contributed by atoms with Crippen molar-refractivity contribution in [2.75, 3.05) is 25.1 Å². The minimum Gasteiger partial charge on any atom is -0.380 e. The van der Waals surface area contributed by atoms with Crippen molar-refractivity contribution >= 4 is 5.69 Å². The normalized spacial score (nSPS) is 11.9. The molecular formula is C14H19F4NO. The molecule has 0 spiro atoms. The van der Waals surface area contributed by atoms with Gasteiger partial charge in [0.1, 0.15) is 5.82 Å². The Hall–Kier alpha value is -1.30. The van der Waals surface area contributed by atoms with Crippen LogP contribution in [0.4, 0.5) is 23.2 Å². The van der Waals surface area contributed by atoms with E-state index < -0.39 is 17.6 Å². The van der Waals surface area contributed by atoms with E-state index in [-0.39, 0.29) is 12.2 Å². The summed E-state index contributed by atoms with van der Waals surface area (Å²) in [5, 5.41) is 2.61. The van der Waals surface area contributed by atoms with E-state index in [2.05, 4.69) is 19.2 Å². The molecule has 0 fully saturated rings. The van der Waals surface area contributed by atoms with Gasteiger partial charge in [-0.25, -0.2) is 4.39 Å². The summed E-state index contributed by atoms with van der Waals surface area (Å²) in [7, 11) is 0. The van der Waals surface area contributed by atoms with Gasteiger partial charge in [0.05, 0.1) is 17.9 Å². The number of alkyl halides is 3. The maximum Gasteiger partial charge on any atom is 0.416 e. The van der Waals surface area contributed by atoms with Crippen LogP contribution < -0.4 is 5.32 Å². The monoisotopic (exact) mass is 293 g/mol. The lowest BCUT2D eigenvalue weighted by Gasteiger charge is -2.12.